The molecule has 0 amide bonds. The number of fused-ring (bicyclic) bond motifs is 8. The Kier molecular flexibility index (Phi) is 4.35. The third-order valence-electron chi connectivity index (χ3n) is 7.25. The predicted molar refractivity (Wildman–Crippen MR) is 141 cm³/mol. The zero-order valence-electron chi connectivity index (χ0n) is 19.9. The summed E-state index contributed by atoms with van der Waals surface area (Å²) in [5.41, 5.74) is 4.92. The van der Waals surface area contributed by atoms with Crippen LogP contribution in [-0.2, 0) is 9.31 Å². The molecular formula is C28H26BN3O2. The summed E-state index contributed by atoms with van der Waals surface area (Å²) in [6, 6.07) is 16.6. The van der Waals surface area contributed by atoms with Crippen molar-refractivity contribution in [1.29, 1.82) is 0 Å². The maximum atomic E-state index is 6.34. The van der Waals surface area contributed by atoms with E-state index in [1.54, 1.807) is 6.08 Å². The SMILES string of the molecule is C=C/C=c1/nc2c3cc(B4OC(C)(C)C(C)(C)O4)ccc3n3c4ccccc4nc3c2cc1=C. The summed E-state index contributed by atoms with van der Waals surface area (Å²) in [5.74, 6) is 0. The average molecular weight is 447 g/mol. The molecule has 1 fully saturated rings. The third-order valence-corrected chi connectivity index (χ3v) is 7.25. The van der Waals surface area contributed by atoms with Crippen LogP contribution in [0.25, 0.3) is 51.1 Å². The monoisotopic (exact) mass is 447 g/mol. The lowest BCUT2D eigenvalue weighted by molar-refractivity contribution is 0.00578. The first-order valence-corrected chi connectivity index (χ1v) is 11.5. The molecule has 0 bridgehead atoms. The molecule has 2 aromatic carbocycles. The summed E-state index contributed by atoms with van der Waals surface area (Å²) in [6.45, 7) is 16.3. The van der Waals surface area contributed by atoms with Crippen molar-refractivity contribution in [3.05, 3.63) is 71.8 Å². The Balaban J connectivity index is 1.74. The highest BCUT2D eigenvalue weighted by atomic mass is 16.7. The Bertz CT molecular complexity index is 1750. The van der Waals surface area contributed by atoms with Crippen molar-refractivity contribution in [2.45, 2.75) is 38.9 Å². The van der Waals surface area contributed by atoms with Gasteiger partial charge in [0.1, 0.15) is 5.65 Å². The Morgan fingerprint density at radius 1 is 0.912 bits per heavy atom. The summed E-state index contributed by atoms with van der Waals surface area (Å²) < 4.78 is 14.9. The number of rotatable bonds is 2. The summed E-state index contributed by atoms with van der Waals surface area (Å²) in [6.07, 6.45) is 3.63. The molecule has 6 heteroatoms. The maximum absolute atomic E-state index is 6.34. The van der Waals surface area contributed by atoms with Crippen LogP contribution >= 0.6 is 0 Å². The van der Waals surface area contributed by atoms with E-state index in [9.17, 15) is 0 Å². The van der Waals surface area contributed by atoms with Crippen LogP contribution in [-0.4, -0.2) is 32.7 Å². The molecule has 0 spiro atoms. The Hall–Kier alpha value is -3.48. The number of allylic oxidation sites excluding steroid dienone is 1. The van der Waals surface area contributed by atoms with E-state index in [1.807, 2.05) is 24.3 Å². The fraction of sp³-hybridized carbons (Fsp3) is 0.214. The van der Waals surface area contributed by atoms with Gasteiger partial charge in [0.25, 0.3) is 0 Å². The van der Waals surface area contributed by atoms with Gasteiger partial charge < -0.3 is 9.31 Å². The quantitative estimate of drug-likeness (QED) is 0.305. The van der Waals surface area contributed by atoms with E-state index in [4.69, 9.17) is 19.3 Å². The molecule has 1 aliphatic rings. The van der Waals surface area contributed by atoms with Gasteiger partial charge in [-0.1, -0.05) is 43.5 Å². The van der Waals surface area contributed by atoms with Gasteiger partial charge in [-0.15, -0.1) is 0 Å². The molecule has 3 aromatic heterocycles. The van der Waals surface area contributed by atoms with Crippen molar-refractivity contribution >= 4 is 63.7 Å². The number of imidazole rings is 1. The first-order chi connectivity index (χ1) is 16.2. The van der Waals surface area contributed by atoms with E-state index in [1.165, 1.54) is 0 Å². The van der Waals surface area contributed by atoms with Crippen LogP contribution < -0.4 is 16.0 Å². The van der Waals surface area contributed by atoms with E-state index in [2.05, 4.69) is 75.6 Å². The molecule has 0 unspecified atom stereocenters. The van der Waals surface area contributed by atoms with E-state index < -0.39 is 18.3 Å². The van der Waals surface area contributed by atoms with Crippen LogP contribution in [0.2, 0.25) is 0 Å². The summed E-state index contributed by atoms with van der Waals surface area (Å²) in [4.78, 5) is 9.98. The van der Waals surface area contributed by atoms with Gasteiger partial charge in [0.2, 0.25) is 0 Å². The highest BCUT2D eigenvalue weighted by Gasteiger charge is 2.51. The van der Waals surface area contributed by atoms with E-state index >= 15 is 0 Å². The summed E-state index contributed by atoms with van der Waals surface area (Å²) in [5, 5.41) is 3.60. The average Bonchev–Trinajstić information content (AvgIpc) is 3.28. The molecule has 0 atom stereocenters. The number of para-hydroxylation sites is 2. The molecule has 5 nitrogen and oxygen atoms in total. The fourth-order valence-corrected chi connectivity index (χ4v) is 4.72. The van der Waals surface area contributed by atoms with Crippen molar-refractivity contribution in [1.82, 2.24) is 14.4 Å². The maximum Gasteiger partial charge on any atom is 0.494 e. The molecule has 168 valence electrons. The van der Waals surface area contributed by atoms with Gasteiger partial charge in [-0.05, 0) is 68.7 Å². The lowest BCUT2D eigenvalue weighted by atomic mass is 9.78. The first-order valence-electron chi connectivity index (χ1n) is 11.5. The second-order valence-corrected chi connectivity index (χ2v) is 9.96. The summed E-state index contributed by atoms with van der Waals surface area (Å²) in [7, 11) is -0.453. The normalized spacial score (nSPS) is 18.0. The standard InChI is InChI=1S/C28H26BN3O2/c1-7-10-21-17(2)15-20-25(30-21)19-16-18(29-33-27(3,4)28(5,6)34-29)13-14-23(19)32-24-12-9-8-11-22(24)31-26(20)32/h7-16H,1-2H2,3-6H3/b21-10+. The fourth-order valence-electron chi connectivity index (χ4n) is 4.72. The van der Waals surface area contributed by atoms with Crippen molar-refractivity contribution in [2.24, 2.45) is 0 Å². The molecule has 4 heterocycles. The Morgan fingerprint density at radius 3 is 2.38 bits per heavy atom. The molecule has 0 radical (unpaired) electrons. The number of pyridine rings is 2. The number of benzene rings is 2. The van der Waals surface area contributed by atoms with Crippen molar-refractivity contribution in [2.75, 3.05) is 0 Å². The van der Waals surface area contributed by atoms with Crippen LogP contribution in [0.3, 0.4) is 0 Å². The van der Waals surface area contributed by atoms with Gasteiger partial charge in [-0.2, -0.15) is 0 Å². The Labute approximate surface area is 198 Å². The highest BCUT2D eigenvalue weighted by molar-refractivity contribution is 6.62. The topological polar surface area (TPSA) is 48.7 Å². The molecule has 1 aliphatic heterocycles. The molecule has 0 N–H and O–H groups in total. The molecule has 0 saturated carbocycles. The lowest BCUT2D eigenvalue weighted by Gasteiger charge is -2.32. The molecular weight excluding hydrogens is 421 g/mol. The highest BCUT2D eigenvalue weighted by Crippen LogP contribution is 2.37. The van der Waals surface area contributed by atoms with E-state index in [0.717, 1.165) is 54.5 Å². The number of aromatic nitrogens is 3. The zero-order valence-corrected chi connectivity index (χ0v) is 19.9. The van der Waals surface area contributed by atoms with Gasteiger partial charge >= 0.3 is 7.12 Å². The molecule has 5 aromatic rings. The van der Waals surface area contributed by atoms with Gasteiger partial charge in [0.05, 0.1) is 38.6 Å². The van der Waals surface area contributed by atoms with E-state index in [0.29, 0.717) is 0 Å². The second kappa shape index (κ2) is 7.01. The molecule has 34 heavy (non-hydrogen) atoms. The van der Waals surface area contributed by atoms with Gasteiger partial charge in [-0.25, -0.2) is 9.97 Å². The minimum absolute atomic E-state index is 0.410. The van der Waals surface area contributed by atoms with Gasteiger partial charge in [0, 0.05) is 10.8 Å². The van der Waals surface area contributed by atoms with Crippen LogP contribution in [0.1, 0.15) is 27.7 Å². The largest absolute Gasteiger partial charge is 0.494 e. The summed E-state index contributed by atoms with van der Waals surface area (Å²) >= 11 is 0. The number of hydrogen-bond donors (Lipinski definition) is 0. The van der Waals surface area contributed by atoms with Crippen LogP contribution in [0.4, 0.5) is 0 Å². The van der Waals surface area contributed by atoms with Crippen LogP contribution in [0, 0.1) is 0 Å². The molecule has 1 saturated heterocycles. The van der Waals surface area contributed by atoms with Crippen LogP contribution in [0.15, 0.2) is 61.2 Å². The first kappa shape index (κ1) is 21.1. The molecule has 0 aliphatic carbocycles. The van der Waals surface area contributed by atoms with Crippen LogP contribution in [0.5, 0.6) is 0 Å². The number of nitrogens with zero attached hydrogens (tertiary/aromatic N) is 3. The van der Waals surface area contributed by atoms with Gasteiger partial charge in [0.15, 0.2) is 0 Å². The molecule has 6 rings (SSSR count). The predicted octanol–water partition coefficient (Wildman–Crippen LogP) is 3.86. The number of hydrogen-bond acceptors (Lipinski definition) is 4. The smallest absolute Gasteiger partial charge is 0.399 e. The van der Waals surface area contributed by atoms with Gasteiger partial charge in [-0.3, -0.25) is 4.40 Å². The Morgan fingerprint density at radius 2 is 1.65 bits per heavy atom. The lowest BCUT2D eigenvalue weighted by Crippen LogP contribution is -2.41. The van der Waals surface area contributed by atoms with Crippen molar-refractivity contribution in [3.63, 3.8) is 0 Å². The van der Waals surface area contributed by atoms with Crippen molar-refractivity contribution < 1.29 is 9.31 Å². The zero-order chi connectivity index (χ0) is 23.8. The van der Waals surface area contributed by atoms with Crippen molar-refractivity contribution in [3.8, 4) is 0 Å². The second-order valence-electron chi connectivity index (χ2n) is 9.96. The minimum Gasteiger partial charge on any atom is -0.399 e. The third kappa shape index (κ3) is 2.89. The minimum atomic E-state index is -0.453. The van der Waals surface area contributed by atoms with E-state index in [-0.39, 0.29) is 0 Å².